The number of rotatable bonds is 6. The van der Waals surface area contributed by atoms with Crippen LogP contribution in [-0.4, -0.2) is 20.7 Å². The van der Waals surface area contributed by atoms with Gasteiger partial charge in [0.15, 0.2) is 0 Å². The predicted molar refractivity (Wildman–Crippen MR) is 91.5 cm³/mol. The van der Waals surface area contributed by atoms with Crippen LogP contribution in [-0.2, 0) is 13.2 Å². The average Bonchev–Trinajstić information content (AvgIpc) is 2.95. The van der Waals surface area contributed by atoms with Crippen molar-refractivity contribution in [1.82, 2.24) is 14.7 Å². The molecule has 0 amide bonds. The van der Waals surface area contributed by atoms with Crippen LogP contribution in [0.2, 0.25) is 0 Å². The largest absolute Gasteiger partial charge is 0.408 e. The van der Waals surface area contributed by atoms with E-state index in [0.29, 0.717) is 23.4 Å². The predicted octanol–water partition coefficient (Wildman–Crippen LogP) is 4.62. The Morgan fingerprint density at radius 3 is 2.77 bits per heavy atom. The molecule has 0 bridgehead atoms. The molecule has 0 spiro atoms. The fourth-order valence-electron chi connectivity index (χ4n) is 2.40. The summed E-state index contributed by atoms with van der Waals surface area (Å²) in [6.45, 7) is 1.64. The van der Waals surface area contributed by atoms with Crippen molar-refractivity contribution < 1.29 is 4.42 Å². The second kappa shape index (κ2) is 6.08. The van der Waals surface area contributed by atoms with Crippen molar-refractivity contribution in [1.29, 1.82) is 0 Å². The zero-order chi connectivity index (χ0) is 14.9. The molecule has 7 heteroatoms. The van der Waals surface area contributed by atoms with Crippen LogP contribution in [0.15, 0.2) is 39.4 Å². The van der Waals surface area contributed by atoms with Crippen LogP contribution in [0.5, 0.6) is 0 Å². The molecule has 3 aromatic rings. The SMILES string of the molecule is S=c1oc(-c2cccs2)nn1CN(Cc1cccs1)C1CC1. The summed E-state index contributed by atoms with van der Waals surface area (Å²) in [5.41, 5.74) is 0. The van der Waals surface area contributed by atoms with E-state index in [0.717, 1.165) is 11.4 Å². The van der Waals surface area contributed by atoms with Gasteiger partial charge in [-0.05, 0) is 48.0 Å². The highest BCUT2D eigenvalue weighted by Crippen LogP contribution is 2.30. The zero-order valence-corrected chi connectivity index (χ0v) is 14.3. The summed E-state index contributed by atoms with van der Waals surface area (Å²) in [6, 6.07) is 8.91. The van der Waals surface area contributed by atoms with E-state index in [2.05, 4.69) is 27.5 Å². The van der Waals surface area contributed by atoms with Gasteiger partial charge in [-0.25, -0.2) is 4.68 Å². The zero-order valence-electron chi connectivity index (χ0n) is 11.8. The average molecular weight is 350 g/mol. The maximum atomic E-state index is 5.65. The van der Waals surface area contributed by atoms with E-state index in [1.807, 2.05) is 17.5 Å². The summed E-state index contributed by atoms with van der Waals surface area (Å²) in [6.07, 6.45) is 2.52. The van der Waals surface area contributed by atoms with Gasteiger partial charge in [-0.1, -0.05) is 12.1 Å². The smallest absolute Gasteiger partial charge is 0.288 e. The number of hydrogen-bond acceptors (Lipinski definition) is 6. The Labute approximate surface area is 141 Å². The Morgan fingerprint density at radius 2 is 2.09 bits per heavy atom. The van der Waals surface area contributed by atoms with Crippen molar-refractivity contribution in [2.24, 2.45) is 0 Å². The first-order valence-electron chi connectivity index (χ1n) is 7.18. The van der Waals surface area contributed by atoms with Crippen molar-refractivity contribution in [3.8, 4) is 10.8 Å². The molecule has 1 fully saturated rings. The third-order valence-electron chi connectivity index (χ3n) is 3.66. The van der Waals surface area contributed by atoms with Crippen LogP contribution in [0.25, 0.3) is 10.8 Å². The van der Waals surface area contributed by atoms with Gasteiger partial charge in [-0.15, -0.1) is 27.8 Å². The molecule has 1 aliphatic carbocycles. The van der Waals surface area contributed by atoms with Gasteiger partial charge in [0.25, 0.3) is 10.7 Å². The van der Waals surface area contributed by atoms with Crippen LogP contribution >= 0.6 is 34.9 Å². The topological polar surface area (TPSA) is 34.2 Å². The van der Waals surface area contributed by atoms with Gasteiger partial charge in [0.2, 0.25) is 0 Å². The molecular formula is C15H15N3OS3. The highest BCUT2D eigenvalue weighted by molar-refractivity contribution is 7.71. The van der Waals surface area contributed by atoms with Gasteiger partial charge >= 0.3 is 0 Å². The number of aromatic nitrogens is 2. The lowest BCUT2D eigenvalue weighted by molar-refractivity contribution is 0.186. The highest BCUT2D eigenvalue weighted by Gasteiger charge is 2.30. The molecule has 22 heavy (non-hydrogen) atoms. The van der Waals surface area contributed by atoms with Crippen molar-refractivity contribution in [2.45, 2.75) is 32.1 Å². The lowest BCUT2D eigenvalue weighted by Gasteiger charge is -2.20. The molecule has 4 nitrogen and oxygen atoms in total. The standard InChI is InChI=1S/C15H15N3OS3/c20-15-18(16-14(19-15)13-4-2-8-22-13)10-17(11-5-6-11)9-12-3-1-7-21-12/h1-4,7-8,11H,5-6,9-10H2. The molecule has 0 saturated heterocycles. The van der Waals surface area contributed by atoms with E-state index < -0.39 is 0 Å². The van der Waals surface area contributed by atoms with Crippen molar-refractivity contribution in [3.63, 3.8) is 0 Å². The van der Waals surface area contributed by atoms with Crippen molar-refractivity contribution in [3.05, 3.63) is 44.7 Å². The van der Waals surface area contributed by atoms with Crippen LogP contribution < -0.4 is 0 Å². The Balaban J connectivity index is 1.55. The molecule has 0 aliphatic heterocycles. The molecule has 3 heterocycles. The lowest BCUT2D eigenvalue weighted by Crippen LogP contribution is -2.28. The molecule has 0 atom stereocenters. The molecule has 0 unspecified atom stereocenters. The maximum Gasteiger partial charge on any atom is 0.288 e. The Hall–Kier alpha value is -1.28. The minimum absolute atomic E-state index is 0.445. The first kappa shape index (κ1) is 14.3. The Kier molecular flexibility index (Phi) is 3.96. The van der Waals surface area contributed by atoms with Crippen LogP contribution in [0, 0.1) is 4.84 Å². The minimum Gasteiger partial charge on any atom is -0.408 e. The summed E-state index contributed by atoms with van der Waals surface area (Å²) in [5.74, 6) is 0.617. The molecular weight excluding hydrogens is 334 g/mol. The van der Waals surface area contributed by atoms with E-state index in [1.165, 1.54) is 17.7 Å². The molecule has 0 aromatic carbocycles. The number of thiophene rings is 2. The maximum absolute atomic E-state index is 5.65. The van der Waals surface area contributed by atoms with E-state index in [-0.39, 0.29) is 0 Å². The van der Waals surface area contributed by atoms with Gasteiger partial charge in [0, 0.05) is 17.5 Å². The highest BCUT2D eigenvalue weighted by atomic mass is 32.1. The second-order valence-corrected chi connectivity index (χ2v) is 7.68. The second-order valence-electron chi connectivity index (χ2n) is 5.35. The van der Waals surface area contributed by atoms with E-state index in [9.17, 15) is 0 Å². The molecule has 0 radical (unpaired) electrons. The summed E-state index contributed by atoms with van der Waals surface area (Å²) in [4.78, 5) is 5.27. The van der Waals surface area contributed by atoms with E-state index in [1.54, 1.807) is 27.4 Å². The van der Waals surface area contributed by atoms with Crippen LogP contribution in [0.1, 0.15) is 17.7 Å². The van der Waals surface area contributed by atoms with E-state index in [4.69, 9.17) is 16.6 Å². The van der Waals surface area contributed by atoms with Gasteiger partial charge in [-0.3, -0.25) is 4.90 Å². The van der Waals surface area contributed by atoms with Crippen LogP contribution in [0.3, 0.4) is 0 Å². The van der Waals surface area contributed by atoms with Gasteiger partial charge in [0.05, 0.1) is 11.5 Å². The first-order chi connectivity index (χ1) is 10.8. The molecule has 1 aliphatic rings. The van der Waals surface area contributed by atoms with Gasteiger partial charge in [0.1, 0.15) is 0 Å². The van der Waals surface area contributed by atoms with Gasteiger partial charge in [-0.2, -0.15) is 0 Å². The van der Waals surface area contributed by atoms with Gasteiger partial charge < -0.3 is 4.42 Å². The summed E-state index contributed by atoms with van der Waals surface area (Å²) < 4.78 is 7.45. The monoisotopic (exact) mass is 349 g/mol. The summed E-state index contributed by atoms with van der Waals surface area (Å²) in [5, 5.41) is 8.69. The quantitative estimate of drug-likeness (QED) is 0.608. The number of nitrogens with zero attached hydrogens (tertiary/aromatic N) is 3. The Morgan fingerprint density at radius 1 is 1.27 bits per heavy atom. The fourth-order valence-corrected chi connectivity index (χ4v) is 3.96. The molecule has 4 rings (SSSR count). The summed E-state index contributed by atoms with van der Waals surface area (Å²) in [7, 11) is 0. The minimum atomic E-state index is 0.445. The molecule has 114 valence electrons. The molecule has 3 aromatic heterocycles. The van der Waals surface area contributed by atoms with Crippen LogP contribution in [0.4, 0.5) is 0 Å². The third-order valence-corrected chi connectivity index (χ3v) is 5.67. The normalized spacial score (nSPS) is 14.8. The summed E-state index contributed by atoms with van der Waals surface area (Å²) >= 11 is 8.74. The molecule has 0 N–H and O–H groups in total. The Bertz CT molecular complexity index is 784. The fraction of sp³-hybridized carbons (Fsp3) is 0.333. The van der Waals surface area contributed by atoms with Crippen molar-refractivity contribution in [2.75, 3.05) is 0 Å². The lowest BCUT2D eigenvalue weighted by atomic mass is 10.4. The van der Waals surface area contributed by atoms with E-state index >= 15 is 0 Å². The third kappa shape index (κ3) is 3.08. The first-order valence-corrected chi connectivity index (χ1v) is 9.34. The van der Waals surface area contributed by atoms with Crippen molar-refractivity contribution >= 4 is 34.9 Å². The number of hydrogen-bond donors (Lipinski definition) is 0. The molecule has 1 saturated carbocycles.